The van der Waals surface area contributed by atoms with Crippen LogP contribution in [0.2, 0.25) is 0 Å². The Kier molecular flexibility index (Phi) is 6.34. The van der Waals surface area contributed by atoms with Crippen LogP contribution in [-0.2, 0) is 15.1 Å². The van der Waals surface area contributed by atoms with Crippen molar-refractivity contribution in [1.29, 1.82) is 0 Å². The van der Waals surface area contributed by atoms with Gasteiger partial charge in [0.05, 0.1) is 5.69 Å². The number of carbonyl (C=O) groups excluding carboxylic acids is 3. The lowest BCUT2D eigenvalue weighted by atomic mass is 9.97. The van der Waals surface area contributed by atoms with Crippen molar-refractivity contribution in [2.45, 2.75) is 58.5 Å². The molecule has 0 bridgehead atoms. The largest absolute Gasteiger partial charge is 0.352 e. The zero-order valence-corrected chi connectivity index (χ0v) is 15.9. The van der Waals surface area contributed by atoms with E-state index in [9.17, 15) is 14.4 Å². The number of hydrogen-bond acceptors (Lipinski definition) is 4. The second-order valence-electron chi connectivity index (χ2n) is 7.45. The van der Waals surface area contributed by atoms with Gasteiger partial charge in [0, 0.05) is 12.2 Å². The van der Waals surface area contributed by atoms with Crippen molar-refractivity contribution in [3.8, 4) is 0 Å². The Morgan fingerprint density at radius 2 is 2.00 bits per heavy atom. The highest BCUT2D eigenvalue weighted by molar-refractivity contribution is 6.08. The molecule has 0 saturated carbocycles. The van der Waals surface area contributed by atoms with Gasteiger partial charge in [-0.3, -0.25) is 19.5 Å². The van der Waals surface area contributed by atoms with E-state index in [1.165, 1.54) is 0 Å². The van der Waals surface area contributed by atoms with Gasteiger partial charge in [0.15, 0.2) is 5.54 Å². The molecule has 1 fully saturated rings. The molecular formula is C19H28N4O3. The SMILES string of the molecule is CC(C)CCCC(C)NC(=O)CN1C(=O)NC(C)(c2ccccn2)C1=O. The summed E-state index contributed by atoms with van der Waals surface area (Å²) in [5.41, 5.74) is -0.801. The summed E-state index contributed by atoms with van der Waals surface area (Å²) in [6.07, 6.45) is 4.57. The molecule has 2 unspecified atom stereocenters. The first-order chi connectivity index (χ1) is 12.2. The van der Waals surface area contributed by atoms with Crippen LogP contribution in [0.25, 0.3) is 0 Å². The van der Waals surface area contributed by atoms with E-state index < -0.39 is 17.5 Å². The minimum atomic E-state index is -1.25. The maximum absolute atomic E-state index is 12.7. The van der Waals surface area contributed by atoms with E-state index in [1.54, 1.807) is 31.3 Å². The second-order valence-corrected chi connectivity index (χ2v) is 7.45. The predicted octanol–water partition coefficient (Wildman–Crippen LogP) is 2.18. The van der Waals surface area contributed by atoms with Crippen LogP contribution >= 0.6 is 0 Å². The van der Waals surface area contributed by atoms with Crippen molar-refractivity contribution in [2.24, 2.45) is 5.92 Å². The molecule has 142 valence electrons. The van der Waals surface area contributed by atoms with Gasteiger partial charge in [0.25, 0.3) is 5.91 Å². The Bertz CT molecular complexity index is 662. The van der Waals surface area contributed by atoms with Crippen LogP contribution in [0.5, 0.6) is 0 Å². The molecule has 2 atom stereocenters. The summed E-state index contributed by atoms with van der Waals surface area (Å²) in [6.45, 7) is 7.57. The van der Waals surface area contributed by atoms with E-state index in [2.05, 4.69) is 29.5 Å². The zero-order chi connectivity index (χ0) is 19.3. The molecule has 2 heterocycles. The molecule has 0 spiro atoms. The van der Waals surface area contributed by atoms with E-state index in [0.717, 1.165) is 24.2 Å². The molecule has 0 aromatic carbocycles. The molecule has 2 N–H and O–H groups in total. The number of carbonyl (C=O) groups is 3. The Morgan fingerprint density at radius 1 is 1.27 bits per heavy atom. The summed E-state index contributed by atoms with van der Waals surface area (Å²) in [6, 6.07) is 4.59. The van der Waals surface area contributed by atoms with Crippen LogP contribution in [0, 0.1) is 5.92 Å². The first-order valence-electron chi connectivity index (χ1n) is 9.09. The molecule has 26 heavy (non-hydrogen) atoms. The van der Waals surface area contributed by atoms with E-state index in [0.29, 0.717) is 11.6 Å². The number of hydrogen-bond donors (Lipinski definition) is 2. The minimum Gasteiger partial charge on any atom is -0.352 e. The van der Waals surface area contributed by atoms with E-state index in [4.69, 9.17) is 0 Å². The van der Waals surface area contributed by atoms with Crippen molar-refractivity contribution in [2.75, 3.05) is 6.54 Å². The van der Waals surface area contributed by atoms with E-state index in [-0.39, 0.29) is 18.5 Å². The third-order valence-electron chi connectivity index (χ3n) is 4.58. The van der Waals surface area contributed by atoms with Gasteiger partial charge < -0.3 is 10.6 Å². The molecule has 1 aliphatic heterocycles. The summed E-state index contributed by atoms with van der Waals surface area (Å²) < 4.78 is 0. The first-order valence-corrected chi connectivity index (χ1v) is 9.09. The van der Waals surface area contributed by atoms with Crippen molar-refractivity contribution >= 4 is 17.8 Å². The molecule has 1 aliphatic rings. The Hall–Kier alpha value is -2.44. The second kappa shape index (κ2) is 8.29. The Morgan fingerprint density at radius 3 is 2.62 bits per heavy atom. The van der Waals surface area contributed by atoms with Crippen LogP contribution in [0.1, 0.15) is 52.7 Å². The third kappa shape index (κ3) is 4.59. The van der Waals surface area contributed by atoms with Crippen molar-refractivity contribution in [3.63, 3.8) is 0 Å². The fourth-order valence-corrected chi connectivity index (χ4v) is 3.04. The van der Waals surface area contributed by atoms with Gasteiger partial charge in [0.1, 0.15) is 6.54 Å². The number of aromatic nitrogens is 1. The summed E-state index contributed by atoms with van der Waals surface area (Å²) in [5, 5.41) is 5.51. The van der Waals surface area contributed by atoms with E-state index >= 15 is 0 Å². The Balaban J connectivity index is 1.94. The number of amides is 4. The highest BCUT2D eigenvalue weighted by Crippen LogP contribution is 2.26. The number of pyridine rings is 1. The summed E-state index contributed by atoms with van der Waals surface area (Å²) >= 11 is 0. The summed E-state index contributed by atoms with van der Waals surface area (Å²) in [4.78, 5) is 42.3. The number of nitrogens with one attached hydrogen (secondary N) is 2. The molecule has 7 nitrogen and oxygen atoms in total. The number of urea groups is 1. The third-order valence-corrected chi connectivity index (χ3v) is 4.58. The topological polar surface area (TPSA) is 91.4 Å². The van der Waals surface area contributed by atoms with Gasteiger partial charge in [-0.15, -0.1) is 0 Å². The maximum Gasteiger partial charge on any atom is 0.325 e. The zero-order valence-electron chi connectivity index (χ0n) is 15.9. The summed E-state index contributed by atoms with van der Waals surface area (Å²) in [7, 11) is 0. The smallest absolute Gasteiger partial charge is 0.325 e. The van der Waals surface area contributed by atoms with Crippen molar-refractivity contribution in [3.05, 3.63) is 30.1 Å². The minimum absolute atomic E-state index is 0.00388. The maximum atomic E-state index is 12.7. The number of rotatable bonds is 8. The van der Waals surface area contributed by atoms with Crippen molar-refractivity contribution in [1.82, 2.24) is 20.5 Å². The molecule has 0 aliphatic carbocycles. The lowest BCUT2D eigenvalue weighted by Crippen LogP contribution is -2.45. The van der Waals surface area contributed by atoms with Crippen LogP contribution in [-0.4, -0.2) is 40.3 Å². The Labute approximate surface area is 154 Å². The fraction of sp³-hybridized carbons (Fsp3) is 0.579. The molecule has 2 rings (SSSR count). The normalized spacial score (nSPS) is 21.0. The van der Waals surface area contributed by atoms with Crippen LogP contribution < -0.4 is 10.6 Å². The lowest BCUT2D eigenvalue weighted by Gasteiger charge is -2.21. The van der Waals surface area contributed by atoms with Gasteiger partial charge in [0.2, 0.25) is 5.91 Å². The van der Waals surface area contributed by atoms with E-state index in [1.807, 2.05) is 6.92 Å². The highest BCUT2D eigenvalue weighted by Gasteiger charge is 2.50. The predicted molar refractivity (Wildman–Crippen MR) is 98.1 cm³/mol. The molecule has 4 amide bonds. The van der Waals surface area contributed by atoms with Crippen LogP contribution in [0.4, 0.5) is 4.79 Å². The fourth-order valence-electron chi connectivity index (χ4n) is 3.04. The molecule has 1 aromatic heterocycles. The lowest BCUT2D eigenvalue weighted by molar-refractivity contribution is -0.135. The monoisotopic (exact) mass is 360 g/mol. The van der Waals surface area contributed by atoms with Gasteiger partial charge in [-0.1, -0.05) is 32.8 Å². The molecule has 7 heteroatoms. The van der Waals surface area contributed by atoms with Gasteiger partial charge in [-0.2, -0.15) is 0 Å². The first kappa shape index (κ1) is 19.9. The summed E-state index contributed by atoms with van der Waals surface area (Å²) in [5.74, 6) is -0.173. The molecular weight excluding hydrogens is 332 g/mol. The van der Waals surface area contributed by atoms with Gasteiger partial charge in [-0.05, 0) is 38.3 Å². The van der Waals surface area contributed by atoms with Gasteiger partial charge >= 0.3 is 6.03 Å². The number of nitrogens with zero attached hydrogens (tertiary/aromatic N) is 2. The molecule has 1 aromatic rings. The van der Waals surface area contributed by atoms with Gasteiger partial charge in [-0.25, -0.2) is 4.79 Å². The van der Waals surface area contributed by atoms with Crippen molar-refractivity contribution < 1.29 is 14.4 Å². The van der Waals surface area contributed by atoms with Crippen LogP contribution in [0.3, 0.4) is 0 Å². The van der Waals surface area contributed by atoms with Crippen LogP contribution in [0.15, 0.2) is 24.4 Å². The molecule has 0 radical (unpaired) electrons. The number of imide groups is 1. The standard InChI is InChI=1S/C19H28N4O3/c1-13(2)8-7-9-14(3)21-16(24)12-23-17(25)19(4,22-18(23)26)15-10-5-6-11-20-15/h5-6,10-11,13-14H,7-9,12H2,1-4H3,(H,21,24)(H,22,26). The molecule has 1 saturated heterocycles. The highest BCUT2D eigenvalue weighted by atomic mass is 16.2. The average Bonchev–Trinajstić information content (AvgIpc) is 2.79. The quantitative estimate of drug-likeness (QED) is 0.695. The average molecular weight is 360 g/mol.